The molecule has 0 spiro atoms. The van der Waals surface area contributed by atoms with Crippen LogP contribution in [0.25, 0.3) is 0 Å². The van der Waals surface area contributed by atoms with Crippen molar-refractivity contribution < 1.29 is 13.2 Å². The Hall–Kier alpha value is -0.130. The third-order valence-corrected chi connectivity index (χ3v) is 7.67. The summed E-state index contributed by atoms with van der Waals surface area (Å²) in [6.45, 7) is 4.96. The van der Waals surface area contributed by atoms with E-state index in [2.05, 4.69) is 12.2 Å². The summed E-state index contributed by atoms with van der Waals surface area (Å²) in [6.07, 6.45) is 9.21. The highest BCUT2D eigenvalue weighted by Gasteiger charge is 2.42. The Bertz CT molecular complexity index is 415. The fourth-order valence-corrected chi connectivity index (χ4v) is 5.16. The van der Waals surface area contributed by atoms with E-state index in [4.69, 9.17) is 4.74 Å². The molecule has 2 atom stereocenters. The molecule has 0 aromatic heterocycles. The van der Waals surface area contributed by atoms with Crippen molar-refractivity contribution in [2.24, 2.45) is 11.8 Å². The molecular formula is C16H31NO3S. The fraction of sp³-hybridized carbons (Fsp3) is 1.00. The molecule has 124 valence electrons. The smallest absolute Gasteiger partial charge is 0.154 e. The molecule has 0 unspecified atom stereocenters. The van der Waals surface area contributed by atoms with Gasteiger partial charge in [-0.1, -0.05) is 26.2 Å². The molecule has 1 N–H and O–H groups in total. The van der Waals surface area contributed by atoms with Crippen molar-refractivity contribution in [3.63, 3.8) is 0 Å². The van der Waals surface area contributed by atoms with E-state index in [1.54, 1.807) is 0 Å². The van der Waals surface area contributed by atoms with Crippen molar-refractivity contribution >= 4 is 9.84 Å². The summed E-state index contributed by atoms with van der Waals surface area (Å²) in [6, 6.07) is 0. The van der Waals surface area contributed by atoms with Gasteiger partial charge in [0.25, 0.3) is 0 Å². The third kappa shape index (κ3) is 4.42. The molecule has 1 saturated carbocycles. The van der Waals surface area contributed by atoms with E-state index in [0.29, 0.717) is 32.6 Å². The molecule has 0 aromatic rings. The van der Waals surface area contributed by atoms with E-state index in [1.165, 1.54) is 38.4 Å². The molecule has 1 heterocycles. The van der Waals surface area contributed by atoms with E-state index >= 15 is 0 Å². The van der Waals surface area contributed by atoms with E-state index in [0.717, 1.165) is 18.4 Å². The number of hydrogen-bond acceptors (Lipinski definition) is 4. The van der Waals surface area contributed by atoms with Crippen LogP contribution in [0.1, 0.15) is 51.9 Å². The molecular weight excluding hydrogens is 286 g/mol. The lowest BCUT2D eigenvalue weighted by atomic mass is 9.80. The minimum absolute atomic E-state index is 0.566. The second-order valence-corrected chi connectivity index (χ2v) is 9.42. The Morgan fingerprint density at radius 2 is 1.86 bits per heavy atom. The molecule has 0 bridgehead atoms. The monoisotopic (exact) mass is 317 g/mol. The molecule has 2 fully saturated rings. The summed E-state index contributed by atoms with van der Waals surface area (Å²) in [5.74, 6) is 1.60. The predicted molar refractivity (Wildman–Crippen MR) is 86.2 cm³/mol. The van der Waals surface area contributed by atoms with Gasteiger partial charge in [-0.25, -0.2) is 8.42 Å². The molecule has 0 aromatic carbocycles. The lowest BCUT2D eigenvalue weighted by molar-refractivity contribution is 0.0740. The number of hydrogen-bond donors (Lipinski definition) is 1. The summed E-state index contributed by atoms with van der Waals surface area (Å²) >= 11 is 0. The van der Waals surface area contributed by atoms with Crippen molar-refractivity contribution in [2.75, 3.05) is 32.6 Å². The Labute approximate surface area is 129 Å². The number of nitrogens with one attached hydrogen (secondary N) is 1. The molecule has 2 rings (SSSR count). The molecule has 4 nitrogen and oxygen atoms in total. The Kier molecular flexibility index (Phi) is 6.09. The van der Waals surface area contributed by atoms with Gasteiger partial charge < -0.3 is 10.1 Å². The highest BCUT2D eigenvalue weighted by Crippen LogP contribution is 2.31. The van der Waals surface area contributed by atoms with Crippen molar-refractivity contribution in [2.45, 2.75) is 56.6 Å². The van der Waals surface area contributed by atoms with Crippen LogP contribution in [0.5, 0.6) is 0 Å². The predicted octanol–water partition coefficient (Wildman–Crippen LogP) is 2.39. The third-order valence-electron chi connectivity index (χ3n) is 5.54. The summed E-state index contributed by atoms with van der Waals surface area (Å²) in [5.41, 5.74) is 0. The second kappa shape index (κ2) is 7.42. The quantitative estimate of drug-likeness (QED) is 0.817. The van der Waals surface area contributed by atoms with Crippen LogP contribution >= 0.6 is 0 Å². The van der Waals surface area contributed by atoms with Gasteiger partial charge in [0, 0.05) is 26.0 Å². The number of ether oxygens (including phenoxy) is 1. The summed E-state index contributed by atoms with van der Waals surface area (Å²) in [5, 5.41) is 3.48. The van der Waals surface area contributed by atoms with E-state index in [1.807, 2.05) is 0 Å². The molecule has 0 amide bonds. The van der Waals surface area contributed by atoms with Gasteiger partial charge in [0.15, 0.2) is 9.84 Å². The molecule has 0 radical (unpaired) electrons. The van der Waals surface area contributed by atoms with Crippen LogP contribution in [-0.4, -0.2) is 45.7 Å². The lowest BCUT2D eigenvalue weighted by Crippen LogP contribution is -2.51. The normalized spacial score (nSPS) is 30.2. The van der Waals surface area contributed by atoms with Crippen LogP contribution in [-0.2, 0) is 14.6 Å². The zero-order valence-electron chi connectivity index (χ0n) is 13.6. The topological polar surface area (TPSA) is 55.4 Å². The Balaban J connectivity index is 1.85. The Morgan fingerprint density at radius 3 is 2.48 bits per heavy atom. The van der Waals surface area contributed by atoms with E-state index in [-0.39, 0.29) is 0 Å². The first-order valence-electron chi connectivity index (χ1n) is 8.45. The molecule has 1 aliphatic heterocycles. The van der Waals surface area contributed by atoms with Crippen molar-refractivity contribution in [1.82, 2.24) is 5.32 Å². The van der Waals surface area contributed by atoms with Crippen LogP contribution in [0, 0.1) is 11.8 Å². The SMILES string of the molecule is CC[C@H]1CCC[C@H](CNCC2(S(C)(=O)=O)CCOCC2)C1. The van der Waals surface area contributed by atoms with Crippen LogP contribution in [0.15, 0.2) is 0 Å². The van der Waals surface area contributed by atoms with Gasteiger partial charge in [0.2, 0.25) is 0 Å². The minimum Gasteiger partial charge on any atom is -0.381 e. The Morgan fingerprint density at radius 1 is 1.19 bits per heavy atom. The average Bonchev–Trinajstić information content (AvgIpc) is 2.47. The van der Waals surface area contributed by atoms with E-state index in [9.17, 15) is 8.42 Å². The average molecular weight is 317 g/mol. The summed E-state index contributed by atoms with van der Waals surface area (Å²) < 4.78 is 29.1. The maximum absolute atomic E-state index is 12.2. The van der Waals surface area contributed by atoms with Crippen LogP contribution in [0.2, 0.25) is 0 Å². The first-order valence-corrected chi connectivity index (χ1v) is 10.3. The van der Waals surface area contributed by atoms with Gasteiger partial charge in [-0.15, -0.1) is 0 Å². The van der Waals surface area contributed by atoms with Gasteiger partial charge >= 0.3 is 0 Å². The summed E-state index contributed by atoms with van der Waals surface area (Å²) in [7, 11) is -3.05. The zero-order chi connectivity index (χ0) is 15.3. The van der Waals surface area contributed by atoms with Gasteiger partial charge in [-0.05, 0) is 44.1 Å². The molecule has 5 heteroatoms. The molecule has 1 aliphatic carbocycles. The van der Waals surface area contributed by atoms with Gasteiger partial charge in [-0.2, -0.15) is 0 Å². The molecule has 21 heavy (non-hydrogen) atoms. The first-order chi connectivity index (χ1) is 9.97. The maximum Gasteiger partial charge on any atom is 0.154 e. The summed E-state index contributed by atoms with van der Waals surface area (Å²) in [4.78, 5) is 0. The van der Waals surface area contributed by atoms with Gasteiger partial charge in [-0.3, -0.25) is 0 Å². The zero-order valence-corrected chi connectivity index (χ0v) is 14.4. The number of rotatable bonds is 6. The largest absolute Gasteiger partial charge is 0.381 e. The van der Waals surface area contributed by atoms with Gasteiger partial charge in [0.05, 0.1) is 4.75 Å². The van der Waals surface area contributed by atoms with Crippen molar-refractivity contribution in [3.05, 3.63) is 0 Å². The van der Waals surface area contributed by atoms with Crippen LogP contribution < -0.4 is 5.32 Å². The second-order valence-electron chi connectivity index (χ2n) is 7.01. The van der Waals surface area contributed by atoms with Crippen LogP contribution in [0.3, 0.4) is 0 Å². The number of sulfone groups is 1. The van der Waals surface area contributed by atoms with Gasteiger partial charge in [0.1, 0.15) is 0 Å². The van der Waals surface area contributed by atoms with Crippen molar-refractivity contribution in [1.29, 1.82) is 0 Å². The highest BCUT2D eigenvalue weighted by molar-refractivity contribution is 7.92. The lowest BCUT2D eigenvalue weighted by Gasteiger charge is -2.36. The van der Waals surface area contributed by atoms with E-state index < -0.39 is 14.6 Å². The van der Waals surface area contributed by atoms with Crippen molar-refractivity contribution in [3.8, 4) is 0 Å². The molecule has 2 aliphatic rings. The first kappa shape index (κ1) is 17.2. The van der Waals surface area contributed by atoms with Crippen LogP contribution in [0.4, 0.5) is 0 Å². The minimum atomic E-state index is -3.05. The standard InChI is InChI=1S/C16H31NO3S/c1-3-14-5-4-6-15(11-14)12-17-13-16(21(2,18)19)7-9-20-10-8-16/h14-15,17H,3-13H2,1-2H3/t14-,15-/m0/s1. The fourth-order valence-electron chi connectivity index (χ4n) is 3.88. The maximum atomic E-state index is 12.2. The molecule has 1 saturated heterocycles. The highest BCUT2D eigenvalue weighted by atomic mass is 32.2.